The van der Waals surface area contributed by atoms with Crippen LogP contribution in [0.25, 0.3) is 0 Å². The van der Waals surface area contributed by atoms with Gasteiger partial charge in [0.15, 0.2) is 5.11 Å². The smallest absolute Gasteiger partial charge is 0.166 e. The second-order valence-corrected chi connectivity index (χ2v) is 6.03. The second-order valence-electron chi connectivity index (χ2n) is 5.61. The van der Waals surface area contributed by atoms with Gasteiger partial charge in [0.2, 0.25) is 0 Å². The Morgan fingerprint density at radius 1 is 1.04 bits per heavy atom. The van der Waals surface area contributed by atoms with Crippen LogP contribution in [0.5, 0.6) is 5.75 Å². The topological polar surface area (TPSA) is 41.7 Å². The molecular formula is C18H23N3OS. The molecule has 0 unspecified atom stereocenters. The number of rotatable bonds is 6. The lowest BCUT2D eigenvalue weighted by atomic mass is 10.1. The Balaban J connectivity index is 2.15. The molecule has 0 spiro atoms. The predicted octanol–water partition coefficient (Wildman–Crippen LogP) is 3.01. The molecule has 0 aliphatic rings. The summed E-state index contributed by atoms with van der Waals surface area (Å²) < 4.78 is 5.27. The lowest BCUT2D eigenvalue weighted by Crippen LogP contribution is -2.34. The summed E-state index contributed by atoms with van der Waals surface area (Å²) in [6, 6.07) is 16.3. The summed E-state index contributed by atoms with van der Waals surface area (Å²) in [7, 11) is 5.72. The second kappa shape index (κ2) is 7.83. The minimum atomic E-state index is 0.392. The van der Waals surface area contributed by atoms with Gasteiger partial charge < -0.3 is 20.3 Å². The van der Waals surface area contributed by atoms with Crippen LogP contribution in [-0.2, 0) is 13.1 Å². The van der Waals surface area contributed by atoms with Gasteiger partial charge in [0, 0.05) is 32.9 Å². The summed E-state index contributed by atoms with van der Waals surface area (Å²) >= 11 is 5.22. The summed E-state index contributed by atoms with van der Waals surface area (Å²) in [4.78, 5) is 4.07. The third kappa shape index (κ3) is 4.86. The first-order chi connectivity index (χ1) is 11.0. The first-order valence-electron chi connectivity index (χ1n) is 7.43. The number of hydrogen-bond acceptors (Lipinski definition) is 3. The molecule has 4 nitrogen and oxygen atoms in total. The Hall–Kier alpha value is -2.27. The minimum Gasteiger partial charge on any atom is -0.497 e. The van der Waals surface area contributed by atoms with E-state index in [0.717, 1.165) is 17.0 Å². The maximum absolute atomic E-state index is 5.92. The molecule has 0 radical (unpaired) electrons. The number of nitrogens with two attached hydrogens (primary N) is 1. The Bertz CT molecular complexity index is 673. The molecule has 0 saturated heterocycles. The highest BCUT2D eigenvalue weighted by Crippen LogP contribution is 2.18. The average Bonchev–Trinajstić information content (AvgIpc) is 2.54. The van der Waals surface area contributed by atoms with Gasteiger partial charge >= 0.3 is 0 Å². The zero-order chi connectivity index (χ0) is 16.8. The zero-order valence-electron chi connectivity index (χ0n) is 13.8. The summed E-state index contributed by atoms with van der Waals surface area (Å²) in [6.45, 7) is 1.33. The van der Waals surface area contributed by atoms with E-state index < -0.39 is 0 Å². The summed E-state index contributed by atoms with van der Waals surface area (Å²) in [5.74, 6) is 0.833. The molecule has 0 atom stereocenters. The van der Waals surface area contributed by atoms with Crippen LogP contribution in [0.3, 0.4) is 0 Å². The van der Waals surface area contributed by atoms with E-state index in [-0.39, 0.29) is 0 Å². The molecule has 2 aromatic carbocycles. The number of benzene rings is 2. The lowest BCUT2D eigenvalue weighted by Gasteiger charge is -2.24. The molecule has 2 aromatic rings. The van der Waals surface area contributed by atoms with Crippen molar-refractivity contribution >= 4 is 23.0 Å². The predicted molar refractivity (Wildman–Crippen MR) is 99.8 cm³/mol. The van der Waals surface area contributed by atoms with Crippen LogP contribution in [-0.4, -0.2) is 31.2 Å². The monoisotopic (exact) mass is 329 g/mol. The van der Waals surface area contributed by atoms with Gasteiger partial charge in [-0.25, -0.2) is 0 Å². The molecule has 23 heavy (non-hydrogen) atoms. The molecule has 2 rings (SSSR count). The maximum Gasteiger partial charge on any atom is 0.166 e. The molecule has 0 aliphatic carbocycles. The van der Waals surface area contributed by atoms with E-state index >= 15 is 0 Å². The van der Waals surface area contributed by atoms with Gasteiger partial charge in [0.25, 0.3) is 0 Å². The molecular weight excluding hydrogens is 306 g/mol. The van der Waals surface area contributed by atoms with Crippen molar-refractivity contribution in [1.29, 1.82) is 0 Å². The van der Waals surface area contributed by atoms with Gasteiger partial charge in [-0.3, -0.25) is 0 Å². The van der Waals surface area contributed by atoms with Gasteiger partial charge in [0.1, 0.15) is 5.75 Å². The van der Waals surface area contributed by atoms with Gasteiger partial charge in [0.05, 0.1) is 7.11 Å². The van der Waals surface area contributed by atoms with Gasteiger partial charge in [-0.1, -0.05) is 24.3 Å². The van der Waals surface area contributed by atoms with Crippen LogP contribution < -0.4 is 15.4 Å². The highest BCUT2D eigenvalue weighted by Gasteiger charge is 2.10. The molecule has 0 bridgehead atoms. The number of hydrogen-bond donors (Lipinski definition) is 1. The molecule has 0 aromatic heterocycles. The van der Waals surface area contributed by atoms with E-state index in [4.69, 9.17) is 22.7 Å². The van der Waals surface area contributed by atoms with Crippen LogP contribution in [0.1, 0.15) is 11.1 Å². The first-order valence-corrected chi connectivity index (χ1v) is 7.84. The maximum atomic E-state index is 5.92. The van der Waals surface area contributed by atoms with Crippen molar-refractivity contribution in [1.82, 2.24) is 4.90 Å². The third-order valence-electron chi connectivity index (χ3n) is 3.62. The molecule has 2 N–H and O–H groups in total. The number of thiocarbonyl (C=S) groups is 1. The van der Waals surface area contributed by atoms with Crippen molar-refractivity contribution in [3.8, 4) is 5.75 Å². The normalized spacial score (nSPS) is 10.2. The number of ether oxygens (including phenoxy) is 1. The first kappa shape index (κ1) is 17.1. The summed E-state index contributed by atoms with van der Waals surface area (Å²) in [5.41, 5.74) is 9.36. The molecule has 0 saturated carbocycles. The van der Waals surface area contributed by atoms with Crippen LogP contribution in [0.4, 0.5) is 5.69 Å². The third-order valence-corrected chi connectivity index (χ3v) is 3.88. The quantitative estimate of drug-likeness (QED) is 0.825. The van der Waals surface area contributed by atoms with Crippen molar-refractivity contribution in [2.24, 2.45) is 5.73 Å². The molecule has 5 heteroatoms. The number of nitrogens with zero attached hydrogens (tertiary/aromatic N) is 2. The Morgan fingerprint density at radius 3 is 2.22 bits per heavy atom. The van der Waals surface area contributed by atoms with E-state index in [9.17, 15) is 0 Å². The van der Waals surface area contributed by atoms with E-state index in [1.807, 2.05) is 49.3 Å². The largest absolute Gasteiger partial charge is 0.497 e. The fourth-order valence-corrected chi connectivity index (χ4v) is 2.49. The fourth-order valence-electron chi connectivity index (χ4n) is 2.36. The Kier molecular flexibility index (Phi) is 5.82. The molecule has 0 amide bonds. The van der Waals surface area contributed by atoms with Gasteiger partial charge in [-0.05, 0) is 47.6 Å². The van der Waals surface area contributed by atoms with Crippen LogP contribution in [0.15, 0.2) is 48.5 Å². The average molecular weight is 329 g/mol. The van der Waals surface area contributed by atoms with Crippen LogP contribution in [0, 0.1) is 0 Å². The zero-order valence-corrected chi connectivity index (χ0v) is 14.6. The van der Waals surface area contributed by atoms with Crippen molar-refractivity contribution in [3.63, 3.8) is 0 Å². The minimum absolute atomic E-state index is 0.392. The molecule has 0 aliphatic heterocycles. The summed E-state index contributed by atoms with van der Waals surface area (Å²) in [5, 5.41) is 0.392. The van der Waals surface area contributed by atoms with Crippen molar-refractivity contribution in [3.05, 3.63) is 59.7 Å². The summed E-state index contributed by atoms with van der Waals surface area (Å²) in [6.07, 6.45) is 0. The van der Waals surface area contributed by atoms with Gasteiger partial charge in [-0.2, -0.15) is 0 Å². The fraction of sp³-hybridized carbons (Fsp3) is 0.278. The Labute approximate surface area is 143 Å². The van der Waals surface area contributed by atoms with Crippen molar-refractivity contribution in [2.75, 3.05) is 26.1 Å². The van der Waals surface area contributed by atoms with E-state index in [2.05, 4.69) is 23.1 Å². The van der Waals surface area contributed by atoms with Crippen molar-refractivity contribution < 1.29 is 4.74 Å². The van der Waals surface area contributed by atoms with E-state index in [1.165, 1.54) is 5.56 Å². The number of anilines is 1. The van der Waals surface area contributed by atoms with Gasteiger partial charge in [-0.15, -0.1) is 0 Å². The number of methoxy groups -OCH3 is 1. The van der Waals surface area contributed by atoms with Crippen LogP contribution >= 0.6 is 12.2 Å². The lowest BCUT2D eigenvalue weighted by molar-refractivity contribution is 0.400. The van der Waals surface area contributed by atoms with Crippen molar-refractivity contribution in [2.45, 2.75) is 13.1 Å². The van der Waals surface area contributed by atoms with Crippen LogP contribution in [0.2, 0.25) is 0 Å². The molecule has 0 heterocycles. The van der Waals surface area contributed by atoms with E-state index in [1.54, 1.807) is 7.11 Å². The van der Waals surface area contributed by atoms with E-state index in [0.29, 0.717) is 18.2 Å². The highest BCUT2D eigenvalue weighted by molar-refractivity contribution is 7.80. The molecule has 122 valence electrons. The highest BCUT2D eigenvalue weighted by atomic mass is 32.1. The standard InChI is InChI=1S/C18H23N3OS/c1-20(2)16-8-4-6-14(10-16)12-21(18(19)23)13-15-7-5-9-17(11-15)22-3/h4-11H,12-13H2,1-3H3,(H2,19,23). The SMILES string of the molecule is COc1cccc(CN(Cc2cccc(N(C)C)c2)C(N)=S)c1. The molecule has 0 fully saturated rings. The Morgan fingerprint density at radius 2 is 1.65 bits per heavy atom.